The van der Waals surface area contributed by atoms with Crippen LogP contribution in [0.2, 0.25) is 0 Å². The molecule has 1 saturated heterocycles. The van der Waals surface area contributed by atoms with E-state index in [-0.39, 0.29) is 5.69 Å². The van der Waals surface area contributed by atoms with Gasteiger partial charge in [-0.2, -0.15) is 0 Å². The van der Waals surface area contributed by atoms with Crippen LogP contribution >= 0.6 is 0 Å². The fourth-order valence-corrected chi connectivity index (χ4v) is 1.80. The summed E-state index contributed by atoms with van der Waals surface area (Å²) in [7, 11) is 0. The second-order valence-corrected chi connectivity index (χ2v) is 3.82. The molecule has 82 valence electrons. The van der Waals surface area contributed by atoms with Gasteiger partial charge >= 0.3 is 5.97 Å². The van der Waals surface area contributed by atoms with E-state index in [0.29, 0.717) is 5.92 Å². The van der Waals surface area contributed by atoms with Gasteiger partial charge in [-0.15, -0.1) is 0 Å². The van der Waals surface area contributed by atoms with Crippen molar-refractivity contribution in [1.82, 2.24) is 9.55 Å². The second-order valence-electron chi connectivity index (χ2n) is 3.82. The summed E-state index contributed by atoms with van der Waals surface area (Å²) in [5.41, 5.74) is 0.113. The molecule has 0 saturated carbocycles. The maximum Gasteiger partial charge on any atom is 0.356 e. The Labute approximate surface area is 87.7 Å². The predicted molar refractivity (Wildman–Crippen MR) is 52.7 cm³/mol. The monoisotopic (exact) mass is 210 g/mol. The molecule has 1 N–H and O–H groups in total. The van der Waals surface area contributed by atoms with Gasteiger partial charge in [-0.05, 0) is 18.8 Å². The van der Waals surface area contributed by atoms with Crippen LogP contribution in [0.3, 0.4) is 0 Å². The molecule has 0 bridgehead atoms. The third-order valence-electron chi connectivity index (χ3n) is 2.66. The van der Waals surface area contributed by atoms with E-state index < -0.39 is 5.97 Å². The van der Waals surface area contributed by atoms with Gasteiger partial charge in [0, 0.05) is 26.0 Å². The van der Waals surface area contributed by atoms with Gasteiger partial charge in [-0.3, -0.25) is 0 Å². The Morgan fingerprint density at radius 2 is 2.33 bits per heavy atom. The van der Waals surface area contributed by atoms with Gasteiger partial charge in [0.15, 0.2) is 5.69 Å². The molecule has 5 nitrogen and oxygen atoms in total. The van der Waals surface area contributed by atoms with Crippen molar-refractivity contribution >= 4 is 5.97 Å². The Kier molecular flexibility index (Phi) is 3.01. The molecule has 5 heteroatoms. The number of hydrogen-bond acceptors (Lipinski definition) is 3. The summed E-state index contributed by atoms with van der Waals surface area (Å²) >= 11 is 0. The molecule has 0 aromatic carbocycles. The molecule has 1 aliphatic rings. The van der Waals surface area contributed by atoms with Crippen LogP contribution in [0.15, 0.2) is 12.5 Å². The Morgan fingerprint density at radius 1 is 1.60 bits per heavy atom. The summed E-state index contributed by atoms with van der Waals surface area (Å²) in [5, 5.41) is 8.71. The van der Waals surface area contributed by atoms with Crippen LogP contribution in [0.25, 0.3) is 0 Å². The summed E-state index contributed by atoms with van der Waals surface area (Å²) < 4.78 is 7.11. The van der Waals surface area contributed by atoms with Gasteiger partial charge in [0.05, 0.1) is 6.33 Å². The summed E-state index contributed by atoms with van der Waals surface area (Å²) in [6.07, 6.45) is 5.25. The molecule has 2 rings (SSSR count). The number of carboxylic acid groups (broad SMARTS) is 1. The highest BCUT2D eigenvalue weighted by molar-refractivity contribution is 5.84. The smallest absolute Gasteiger partial charge is 0.356 e. The number of carboxylic acids is 1. The number of hydrogen-bond donors (Lipinski definition) is 1. The summed E-state index contributed by atoms with van der Waals surface area (Å²) in [6, 6.07) is 0. The number of aromatic carboxylic acids is 1. The molecule has 2 heterocycles. The highest BCUT2D eigenvalue weighted by Gasteiger charge is 2.15. The van der Waals surface area contributed by atoms with E-state index in [1.54, 1.807) is 12.5 Å². The highest BCUT2D eigenvalue weighted by Crippen LogP contribution is 2.16. The van der Waals surface area contributed by atoms with Crippen molar-refractivity contribution in [2.45, 2.75) is 19.4 Å². The van der Waals surface area contributed by atoms with Crippen molar-refractivity contribution in [3.8, 4) is 0 Å². The maximum atomic E-state index is 10.6. The van der Waals surface area contributed by atoms with E-state index in [2.05, 4.69) is 4.98 Å². The second kappa shape index (κ2) is 4.44. The summed E-state index contributed by atoms with van der Waals surface area (Å²) in [4.78, 5) is 14.4. The topological polar surface area (TPSA) is 64.3 Å². The van der Waals surface area contributed by atoms with E-state index in [1.807, 2.05) is 4.57 Å². The Balaban J connectivity index is 1.94. The number of nitrogens with zero attached hydrogens (tertiary/aromatic N) is 2. The van der Waals surface area contributed by atoms with Crippen molar-refractivity contribution in [2.75, 3.05) is 13.2 Å². The maximum absolute atomic E-state index is 10.6. The molecule has 15 heavy (non-hydrogen) atoms. The van der Waals surface area contributed by atoms with Gasteiger partial charge in [0.25, 0.3) is 0 Å². The molecular weight excluding hydrogens is 196 g/mol. The minimum absolute atomic E-state index is 0.113. The van der Waals surface area contributed by atoms with E-state index in [9.17, 15) is 4.79 Å². The van der Waals surface area contributed by atoms with Crippen LogP contribution in [0.1, 0.15) is 23.3 Å². The molecule has 0 atom stereocenters. The van der Waals surface area contributed by atoms with Crippen molar-refractivity contribution in [2.24, 2.45) is 5.92 Å². The van der Waals surface area contributed by atoms with Crippen LogP contribution in [0.4, 0.5) is 0 Å². The van der Waals surface area contributed by atoms with Crippen molar-refractivity contribution in [1.29, 1.82) is 0 Å². The lowest BCUT2D eigenvalue weighted by Crippen LogP contribution is -2.19. The number of rotatable bonds is 3. The van der Waals surface area contributed by atoms with Gasteiger partial charge < -0.3 is 14.4 Å². The number of aromatic nitrogens is 2. The average Bonchev–Trinajstić information content (AvgIpc) is 2.68. The molecule has 0 aliphatic carbocycles. The fraction of sp³-hybridized carbons (Fsp3) is 0.600. The first kappa shape index (κ1) is 10.2. The fourth-order valence-electron chi connectivity index (χ4n) is 1.80. The average molecular weight is 210 g/mol. The van der Waals surface area contributed by atoms with Crippen LogP contribution < -0.4 is 0 Å². The highest BCUT2D eigenvalue weighted by atomic mass is 16.5. The van der Waals surface area contributed by atoms with Crippen LogP contribution in [0.5, 0.6) is 0 Å². The molecular formula is C10H14N2O3. The molecule has 1 aliphatic heterocycles. The van der Waals surface area contributed by atoms with Gasteiger partial charge in [0.2, 0.25) is 0 Å². The Morgan fingerprint density at radius 3 is 2.93 bits per heavy atom. The lowest BCUT2D eigenvalue weighted by molar-refractivity contribution is 0.0611. The van der Waals surface area contributed by atoms with Gasteiger partial charge in [0.1, 0.15) is 0 Å². The standard InChI is InChI=1S/C10H14N2O3/c13-10(14)9-6-12(7-11-9)5-8-1-3-15-4-2-8/h6-8H,1-5H2,(H,13,14). The normalized spacial score (nSPS) is 17.9. The zero-order valence-corrected chi connectivity index (χ0v) is 8.43. The van der Waals surface area contributed by atoms with E-state index in [0.717, 1.165) is 32.6 Å². The van der Waals surface area contributed by atoms with E-state index in [1.165, 1.54) is 0 Å². The van der Waals surface area contributed by atoms with Crippen molar-refractivity contribution < 1.29 is 14.6 Å². The number of imidazole rings is 1. The van der Waals surface area contributed by atoms with Crippen LogP contribution in [-0.2, 0) is 11.3 Å². The first-order valence-electron chi connectivity index (χ1n) is 5.08. The largest absolute Gasteiger partial charge is 0.476 e. The van der Waals surface area contributed by atoms with E-state index >= 15 is 0 Å². The lowest BCUT2D eigenvalue weighted by atomic mass is 10.0. The molecule has 0 unspecified atom stereocenters. The van der Waals surface area contributed by atoms with E-state index in [4.69, 9.17) is 9.84 Å². The van der Waals surface area contributed by atoms with Crippen LogP contribution in [-0.4, -0.2) is 33.8 Å². The van der Waals surface area contributed by atoms with Crippen molar-refractivity contribution in [3.63, 3.8) is 0 Å². The van der Waals surface area contributed by atoms with Crippen molar-refractivity contribution in [3.05, 3.63) is 18.2 Å². The summed E-state index contributed by atoms with van der Waals surface area (Å²) in [5.74, 6) is -0.393. The van der Waals surface area contributed by atoms with Crippen LogP contribution in [0, 0.1) is 5.92 Å². The molecule has 0 spiro atoms. The molecule has 1 aromatic heterocycles. The summed E-state index contributed by atoms with van der Waals surface area (Å²) in [6.45, 7) is 2.46. The SMILES string of the molecule is O=C(O)c1cn(CC2CCOCC2)cn1. The predicted octanol–water partition coefficient (Wildman–Crippen LogP) is 1.01. The molecule has 1 aromatic rings. The molecule has 1 fully saturated rings. The molecule has 0 radical (unpaired) electrons. The minimum Gasteiger partial charge on any atom is -0.476 e. The third kappa shape index (κ3) is 2.56. The zero-order valence-electron chi connectivity index (χ0n) is 8.43. The molecule has 0 amide bonds. The first-order chi connectivity index (χ1) is 7.25. The van der Waals surface area contributed by atoms with Gasteiger partial charge in [-0.25, -0.2) is 9.78 Å². The lowest BCUT2D eigenvalue weighted by Gasteiger charge is -2.21. The van der Waals surface area contributed by atoms with Gasteiger partial charge in [-0.1, -0.05) is 0 Å². The number of ether oxygens (including phenoxy) is 1. The third-order valence-corrected chi connectivity index (χ3v) is 2.66. The minimum atomic E-state index is -0.972. The first-order valence-corrected chi connectivity index (χ1v) is 5.08. The Hall–Kier alpha value is -1.36. The quantitative estimate of drug-likeness (QED) is 0.808. The Bertz CT molecular complexity index is 342. The number of carbonyl (C=O) groups is 1. The zero-order chi connectivity index (χ0) is 10.7.